The number of rotatable bonds is 2. The summed E-state index contributed by atoms with van der Waals surface area (Å²) in [6.45, 7) is 5.42. The van der Waals surface area contributed by atoms with E-state index in [1.165, 1.54) is 0 Å². The molecule has 0 radical (unpaired) electrons. The van der Waals surface area contributed by atoms with Crippen molar-refractivity contribution in [2.45, 2.75) is 31.3 Å². The van der Waals surface area contributed by atoms with E-state index in [9.17, 15) is 4.79 Å². The minimum Gasteiger partial charge on any atom is -0.497 e. The number of carbonyl (C=O) groups is 1. The summed E-state index contributed by atoms with van der Waals surface area (Å²) in [5.41, 5.74) is 0.0659. The van der Waals surface area contributed by atoms with Gasteiger partial charge in [0.1, 0.15) is 11.4 Å². The Hall–Kier alpha value is -1.36. The molecular weight excluding hydrogens is 238 g/mol. The number of thiol groups is 1. The second kappa shape index (κ2) is 5.31. The van der Waals surface area contributed by atoms with E-state index in [1.807, 2.05) is 20.8 Å². The number of amides is 1. The van der Waals surface area contributed by atoms with Gasteiger partial charge in [0.25, 0.3) is 0 Å². The molecular formula is C12H17NO3S. The first kappa shape index (κ1) is 13.7. The minimum absolute atomic E-state index is 0.502. The third kappa shape index (κ3) is 4.56. The van der Waals surface area contributed by atoms with Crippen LogP contribution in [0.25, 0.3) is 0 Å². The maximum absolute atomic E-state index is 11.5. The predicted octanol–water partition coefficient (Wildman–Crippen LogP) is 3.33. The lowest BCUT2D eigenvalue weighted by molar-refractivity contribution is 0.0635. The van der Waals surface area contributed by atoms with E-state index in [2.05, 4.69) is 17.9 Å². The third-order valence-electron chi connectivity index (χ3n) is 1.84. The second-order valence-corrected chi connectivity index (χ2v) is 4.99. The zero-order valence-electron chi connectivity index (χ0n) is 10.4. The van der Waals surface area contributed by atoms with E-state index in [1.54, 1.807) is 25.3 Å². The van der Waals surface area contributed by atoms with Gasteiger partial charge in [-0.15, -0.1) is 12.6 Å². The molecule has 0 aromatic heterocycles. The van der Waals surface area contributed by atoms with Crippen LogP contribution in [-0.4, -0.2) is 18.8 Å². The lowest BCUT2D eigenvalue weighted by atomic mass is 10.2. The van der Waals surface area contributed by atoms with E-state index < -0.39 is 11.7 Å². The first-order valence-corrected chi connectivity index (χ1v) is 5.63. The van der Waals surface area contributed by atoms with Crippen LogP contribution in [0, 0.1) is 0 Å². The predicted molar refractivity (Wildman–Crippen MR) is 70.1 cm³/mol. The van der Waals surface area contributed by atoms with Crippen LogP contribution in [0.15, 0.2) is 23.1 Å². The Labute approximate surface area is 107 Å². The second-order valence-electron chi connectivity index (χ2n) is 4.51. The van der Waals surface area contributed by atoms with E-state index in [0.717, 1.165) is 0 Å². The normalized spacial score (nSPS) is 10.9. The van der Waals surface area contributed by atoms with Crippen LogP contribution in [-0.2, 0) is 4.74 Å². The molecule has 0 atom stereocenters. The summed E-state index contributed by atoms with van der Waals surface area (Å²) in [5, 5.41) is 2.62. The zero-order valence-corrected chi connectivity index (χ0v) is 11.3. The quantitative estimate of drug-likeness (QED) is 0.797. The molecule has 1 aromatic carbocycles. The largest absolute Gasteiger partial charge is 0.497 e. The van der Waals surface area contributed by atoms with Crippen LogP contribution in [0.5, 0.6) is 5.75 Å². The summed E-state index contributed by atoms with van der Waals surface area (Å²) in [5.74, 6) is 0.685. The van der Waals surface area contributed by atoms with Gasteiger partial charge in [0.05, 0.1) is 12.8 Å². The van der Waals surface area contributed by atoms with Crippen molar-refractivity contribution < 1.29 is 14.3 Å². The number of anilines is 1. The van der Waals surface area contributed by atoms with E-state index in [4.69, 9.17) is 9.47 Å². The maximum Gasteiger partial charge on any atom is 0.412 e. The molecule has 0 aliphatic carbocycles. The highest BCUT2D eigenvalue weighted by atomic mass is 32.1. The van der Waals surface area contributed by atoms with Crippen molar-refractivity contribution in [2.24, 2.45) is 0 Å². The molecule has 4 nitrogen and oxygen atoms in total. The number of nitrogens with one attached hydrogen (secondary N) is 1. The first-order chi connectivity index (χ1) is 7.81. The van der Waals surface area contributed by atoms with E-state index in [-0.39, 0.29) is 0 Å². The molecule has 0 unspecified atom stereocenters. The molecule has 17 heavy (non-hydrogen) atoms. The third-order valence-corrected chi connectivity index (χ3v) is 2.21. The summed E-state index contributed by atoms with van der Waals surface area (Å²) in [6, 6.07) is 5.17. The first-order valence-electron chi connectivity index (χ1n) is 5.19. The SMILES string of the molecule is COc1ccc(NC(=O)OC(C)(C)C)c(S)c1. The number of benzene rings is 1. The lowest BCUT2D eigenvalue weighted by Crippen LogP contribution is -2.27. The zero-order chi connectivity index (χ0) is 13.1. The monoisotopic (exact) mass is 255 g/mol. The summed E-state index contributed by atoms with van der Waals surface area (Å²) in [6.07, 6.45) is -0.502. The van der Waals surface area contributed by atoms with Gasteiger partial charge in [-0.3, -0.25) is 5.32 Å². The van der Waals surface area contributed by atoms with Crippen molar-refractivity contribution in [3.05, 3.63) is 18.2 Å². The van der Waals surface area contributed by atoms with Crippen molar-refractivity contribution in [1.29, 1.82) is 0 Å². The molecule has 1 aromatic rings. The lowest BCUT2D eigenvalue weighted by Gasteiger charge is -2.20. The Morgan fingerprint density at radius 2 is 2.00 bits per heavy atom. The van der Waals surface area contributed by atoms with E-state index in [0.29, 0.717) is 16.3 Å². The fourth-order valence-corrected chi connectivity index (χ4v) is 1.42. The Bertz CT molecular complexity index is 413. The topological polar surface area (TPSA) is 47.6 Å². The van der Waals surface area contributed by atoms with Crippen LogP contribution < -0.4 is 10.1 Å². The average Bonchev–Trinajstić information content (AvgIpc) is 2.18. The Balaban J connectivity index is 2.72. The van der Waals surface area contributed by atoms with Gasteiger partial charge in [0.15, 0.2) is 0 Å². The van der Waals surface area contributed by atoms with Crippen LogP contribution in [0.3, 0.4) is 0 Å². The van der Waals surface area contributed by atoms with Gasteiger partial charge in [0.2, 0.25) is 0 Å². The molecule has 0 fully saturated rings. The molecule has 0 aliphatic heterocycles. The van der Waals surface area contributed by atoms with Crippen molar-refractivity contribution >= 4 is 24.4 Å². The van der Waals surface area contributed by atoms with Crippen molar-refractivity contribution in [3.63, 3.8) is 0 Å². The minimum atomic E-state index is -0.521. The van der Waals surface area contributed by atoms with Gasteiger partial charge in [-0.05, 0) is 39.0 Å². The molecule has 1 rings (SSSR count). The van der Waals surface area contributed by atoms with Gasteiger partial charge < -0.3 is 9.47 Å². The van der Waals surface area contributed by atoms with Crippen LogP contribution in [0.1, 0.15) is 20.8 Å². The van der Waals surface area contributed by atoms with Crippen LogP contribution >= 0.6 is 12.6 Å². The highest BCUT2D eigenvalue weighted by Crippen LogP contribution is 2.25. The Morgan fingerprint density at radius 3 is 2.47 bits per heavy atom. The number of hydrogen-bond acceptors (Lipinski definition) is 4. The van der Waals surface area contributed by atoms with Crippen LogP contribution in [0.4, 0.5) is 10.5 Å². The average molecular weight is 255 g/mol. The van der Waals surface area contributed by atoms with Crippen molar-refractivity contribution in [3.8, 4) is 5.75 Å². The molecule has 0 aliphatic rings. The van der Waals surface area contributed by atoms with Gasteiger partial charge in [-0.25, -0.2) is 4.79 Å². The summed E-state index contributed by atoms with van der Waals surface area (Å²) in [4.78, 5) is 12.2. The summed E-state index contributed by atoms with van der Waals surface area (Å²) < 4.78 is 10.2. The van der Waals surface area contributed by atoms with Crippen molar-refractivity contribution in [1.82, 2.24) is 0 Å². The van der Waals surface area contributed by atoms with Gasteiger partial charge in [0, 0.05) is 4.90 Å². The summed E-state index contributed by atoms with van der Waals surface area (Å²) >= 11 is 4.26. The number of ether oxygens (including phenoxy) is 2. The fourth-order valence-electron chi connectivity index (χ4n) is 1.16. The van der Waals surface area contributed by atoms with Crippen molar-refractivity contribution in [2.75, 3.05) is 12.4 Å². The molecule has 1 N–H and O–H groups in total. The smallest absolute Gasteiger partial charge is 0.412 e. The standard InChI is InChI=1S/C12H17NO3S/c1-12(2,3)16-11(14)13-9-6-5-8(15-4)7-10(9)17/h5-7,17H,1-4H3,(H,13,14). The molecule has 0 bridgehead atoms. The molecule has 0 spiro atoms. The molecule has 1 amide bonds. The molecule has 0 heterocycles. The maximum atomic E-state index is 11.5. The van der Waals surface area contributed by atoms with Gasteiger partial charge in [-0.1, -0.05) is 0 Å². The highest BCUT2D eigenvalue weighted by Gasteiger charge is 2.16. The molecule has 0 saturated heterocycles. The number of carbonyl (C=O) groups excluding carboxylic acids is 1. The molecule has 5 heteroatoms. The van der Waals surface area contributed by atoms with Gasteiger partial charge in [-0.2, -0.15) is 0 Å². The molecule has 94 valence electrons. The fraction of sp³-hybridized carbons (Fsp3) is 0.417. The molecule has 0 saturated carbocycles. The van der Waals surface area contributed by atoms with Crippen LogP contribution in [0.2, 0.25) is 0 Å². The Kier molecular flexibility index (Phi) is 4.28. The number of hydrogen-bond donors (Lipinski definition) is 2. The van der Waals surface area contributed by atoms with E-state index >= 15 is 0 Å². The Morgan fingerprint density at radius 1 is 1.35 bits per heavy atom. The summed E-state index contributed by atoms with van der Waals surface area (Å²) in [7, 11) is 1.57. The highest BCUT2D eigenvalue weighted by molar-refractivity contribution is 7.80. The number of methoxy groups -OCH3 is 1. The van der Waals surface area contributed by atoms with Gasteiger partial charge >= 0.3 is 6.09 Å².